The van der Waals surface area contributed by atoms with E-state index in [1.807, 2.05) is 25.1 Å². The molecule has 1 unspecified atom stereocenters. The Kier molecular flexibility index (Phi) is 3.77. The fraction of sp³-hybridized carbons (Fsp3) is 0.571. The van der Waals surface area contributed by atoms with Gasteiger partial charge in [0.1, 0.15) is 0 Å². The van der Waals surface area contributed by atoms with Gasteiger partial charge in [-0.3, -0.25) is 0 Å². The van der Waals surface area contributed by atoms with Crippen molar-refractivity contribution in [3.8, 4) is 11.5 Å². The van der Waals surface area contributed by atoms with Gasteiger partial charge in [0.05, 0.1) is 13.7 Å². The van der Waals surface area contributed by atoms with Crippen LogP contribution in [0.2, 0.25) is 0 Å². The Bertz CT molecular complexity index is 374. The van der Waals surface area contributed by atoms with Crippen LogP contribution in [0.15, 0.2) is 18.2 Å². The highest BCUT2D eigenvalue weighted by Gasteiger charge is 2.27. The summed E-state index contributed by atoms with van der Waals surface area (Å²) in [6.07, 6.45) is 2.70. The van der Waals surface area contributed by atoms with E-state index in [2.05, 4.69) is 12.2 Å². The highest BCUT2D eigenvalue weighted by atomic mass is 16.5. The van der Waals surface area contributed by atoms with Gasteiger partial charge in [0.15, 0.2) is 11.5 Å². The van der Waals surface area contributed by atoms with E-state index < -0.39 is 0 Å². The number of anilines is 1. The summed E-state index contributed by atoms with van der Waals surface area (Å²) in [6.45, 7) is 4.87. The summed E-state index contributed by atoms with van der Waals surface area (Å²) in [5.74, 6) is 2.44. The Morgan fingerprint density at radius 1 is 1.35 bits per heavy atom. The van der Waals surface area contributed by atoms with Crippen molar-refractivity contribution in [1.82, 2.24) is 0 Å². The third-order valence-electron chi connectivity index (χ3n) is 3.19. The number of benzene rings is 1. The molecule has 0 bridgehead atoms. The first-order valence-corrected chi connectivity index (χ1v) is 6.32. The van der Waals surface area contributed by atoms with Crippen molar-refractivity contribution in [2.24, 2.45) is 5.92 Å². The predicted molar refractivity (Wildman–Crippen MR) is 70.0 cm³/mol. The highest BCUT2D eigenvalue weighted by molar-refractivity contribution is 5.55. The molecule has 0 amide bonds. The molecule has 1 aliphatic carbocycles. The van der Waals surface area contributed by atoms with E-state index in [1.165, 1.54) is 12.8 Å². The lowest BCUT2D eigenvalue weighted by atomic mass is 10.2. The van der Waals surface area contributed by atoms with Crippen LogP contribution in [0.4, 0.5) is 5.69 Å². The molecule has 0 heterocycles. The maximum Gasteiger partial charge on any atom is 0.163 e. The zero-order chi connectivity index (χ0) is 12.3. The third-order valence-corrected chi connectivity index (χ3v) is 3.19. The average molecular weight is 235 g/mol. The van der Waals surface area contributed by atoms with E-state index >= 15 is 0 Å². The Morgan fingerprint density at radius 2 is 2.12 bits per heavy atom. The number of hydrogen-bond acceptors (Lipinski definition) is 3. The van der Waals surface area contributed by atoms with Crippen LogP contribution >= 0.6 is 0 Å². The summed E-state index contributed by atoms with van der Waals surface area (Å²) < 4.78 is 10.8. The molecule has 1 atom stereocenters. The van der Waals surface area contributed by atoms with Gasteiger partial charge in [0, 0.05) is 17.8 Å². The lowest BCUT2D eigenvalue weighted by Crippen LogP contribution is -2.17. The van der Waals surface area contributed by atoms with Crippen molar-refractivity contribution in [1.29, 1.82) is 0 Å². The molecule has 1 aliphatic rings. The number of ether oxygens (including phenoxy) is 2. The normalized spacial score (nSPS) is 16.4. The van der Waals surface area contributed by atoms with Gasteiger partial charge < -0.3 is 14.8 Å². The first kappa shape index (κ1) is 12.1. The fourth-order valence-electron chi connectivity index (χ4n) is 2.01. The molecule has 0 radical (unpaired) electrons. The summed E-state index contributed by atoms with van der Waals surface area (Å²) in [7, 11) is 1.66. The lowest BCUT2D eigenvalue weighted by Gasteiger charge is -2.16. The Hall–Kier alpha value is -1.38. The van der Waals surface area contributed by atoms with E-state index in [-0.39, 0.29) is 0 Å². The van der Waals surface area contributed by atoms with Gasteiger partial charge in [-0.2, -0.15) is 0 Å². The molecule has 0 aliphatic heterocycles. The van der Waals surface area contributed by atoms with E-state index in [0.29, 0.717) is 12.6 Å². The third kappa shape index (κ3) is 3.05. The van der Waals surface area contributed by atoms with Gasteiger partial charge in [0.2, 0.25) is 0 Å². The van der Waals surface area contributed by atoms with Crippen LogP contribution in [-0.2, 0) is 0 Å². The summed E-state index contributed by atoms with van der Waals surface area (Å²) in [5, 5.41) is 3.52. The SMILES string of the molecule is CCOc1cc(NC(C)C2CC2)ccc1OC. The molecular formula is C14H21NO2. The minimum absolute atomic E-state index is 0.540. The average Bonchev–Trinajstić information content (AvgIpc) is 3.13. The maximum absolute atomic E-state index is 5.56. The molecule has 2 rings (SSSR count). The second-order valence-corrected chi connectivity index (χ2v) is 4.57. The van der Waals surface area contributed by atoms with Crippen LogP contribution in [0, 0.1) is 5.92 Å². The number of nitrogens with one attached hydrogen (secondary N) is 1. The zero-order valence-corrected chi connectivity index (χ0v) is 10.8. The summed E-state index contributed by atoms with van der Waals surface area (Å²) in [4.78, 5) is 0. The van der Waals surface area contributed by atoms with Crippen molar-refractivity contribution in [3.63, 3.8) is 0 Å². The number of hydrogen-bond donors (Lipinski definition) is 1. The highest BCUT2D eigenvalue weighted by Crippen LogP contribution is 2.35. The molecule has 1 N–H and O–H groups in total. The molecule has 0 spiro atoms. The molecule has 3 nitrogen and oxygen atoms in total. The summed E-state index contributed by atoms with van der Waals surface area (Å²) in [6, 6.07) is 6.55. The summed E-state index contributed by atoms with van der Waals surface area (Å²) in [5.41, 5.74) is 1.11. The molecular weight excluding hydrogens is 214 g/mol. The van der Waals surface area contributed by atoms with Crippen molar-refractivity contribution < 1.29 is 9.47 Å². The fourth-order valence-corrected chi connectivity index (χ4v) is 2.01. The first-order chi connectivity index (χ1) is 8.24. The zero-order valence-electron chi connectivity index (χ0n) is 10.8. The standard InChI is InChI=1S/C14H21NO2/c1-4-17-14-9-12(7-8-13(14)16-3)15-10(2)11-5-6-11/h7-11,15H,4-6H2,1-3H3. The van der Waals surface area contributed by atoms with Crippen molar-refractivity contribution in [2.75, 3.05) is 19.0 Å². The molecule has 1 aromatic rings. The van der Waals surface area contributed by atoms with Gasteiger partial charge in [-0.25, -0.2) is 0 Å². The largest absolute Gasteiger partial charge is 0.493 e. The van der Waals surface area contributed by atoms with Gasteiger partial charge >= 0.3 is 0 Å². The quantitative estimate of drug-likeness (QED) is 0.820. The van der Waals surface area contributed by atoms with Gasteiger partial charge in [-0.1, -0.05) is 0 Å². The van der Waals surface area contributed by atoms with E-state index in [4.69, 9.17) is 9.47 Å². The Labute approximate surface area is 103 Å². The maximum atomic E-state index is 5.56. The van der Waals surface area contributed by atoms with Gasteiger partial charge in [-0.05, 0) is 44.7 Å². The lowest BCUT2D eigenvalue weighted by molar-refractivity contribution is 0.311. The van der Waals surface area contributed by atoms with Crippen molar-refractivity contribution >= 4 is 5.69 Å². The smallest absolute Gasteiger partial charge is 0.163 e. The van der Waals surface area contributed by atoms with Gasteiger partial charge in [0.25, 0.3) is 0 Å². The van der Waals surface area contributed by atoms with Crippen LogP contribution in [0.5, 0.6) is 11.5 Å². The molecule has 17 heavy (non-hydrogen) atoms. The molecule has 3 heteroatoms. The molecule has 0 saturated heterocycles. The van der Waals surface area contributed by atoms with Crippen molar-refractivity contribution in [2.45, 2.75) is 32.7 Å². The second kappa shape index (κ2) is 5.30. The van der Waals surface area contributed by atoms with E-state index in [1.54, 1.807) is 7.11 Å². The molecule has 1 aromatic carbocycles. The second-order valence-electron chi connectivity index (χ2n) is 4.57. The van der Waals surface area contributed by atoms with Crippen LogP contribution in [0.25, 0.3) is 0 Å². The van der Waals surface area contributed by atoms with Crippen molar-refractivity contribution in [3.05, 3.63) is 18.2 Å². The van der Waals surface area contributed by atoms with Gasteiger partial charge in [-0.15, -0.1) is 0 Å². The molecule has 0 aromatic heterocycles. The van der Waals surface area contributed by atoms with E-state index in [0.717, 1.165) is 23.1 Å². The van der Waals surface area contributed by atoms with Crippen LogP contribution in [-0.4, -0.2) is 19.8 Å². The molecule has 94 valence electrons. The minimum atomic E-state index is 0.540. The topological polar surface area (TPSA) is 30.5 Å². The minimum Gasteiger partial charge on any atom is -0.493 e. The van der Waals surface area contributed by atoms with Crippen LogP contribution in [0.3, 0.4) is 0 Å². The Morgan fingerprint density at radius 3 is 2.71 bits per heavy atom. The summed E-state index contributed by atoms with van der Waals surface area (Å²) >= 11 is 0. The van der Waals surface area contributed by atoms with Crippen LogP contribution in [0.1, 0.15) is 26.7 Å². The molecule has 1 saturated carbocycles. The molecule has 1 fully saturated rings. The first-order valence-electron chi connectivity index (χ1n) is 6.32. The number of rotatable bonds is 6. The predicted octanol–water partition coefficient (Wildman–Crippen LogP) is 3.30. The Balaban J connectivity index is 2.08. The van der Waals surface area contributed by atoms with Crippen LogP contribution < -0.4 is 14.8 Å². The van der Waals surface area contributed by atoms with E-state index in [9.17, 15) is 0 Å². The monoisotopic (exact) mass is 235 g/mol. The number of methoxy groups -OCH3 is 1.